The fraction of sp³-hybridized carbons (Fsp3) is 0.333. The minimum Gasteiger partial charge on any atom is -0.409 e. The van der Waals surface area contributed by atoms with Gasteiger partial charge in [-0.15, -0.1) is 0 Å². The van der Waals surface area contributed by atoms with Gasteiger partial charge in [0.1, 0.15) is 5.82 Å². The number of imidazole rings is 1. The molecule has 0 saturated carbocycles. The molecule has 0 fully saturated rings. The fourth-order valence-corrected chi connectivity index (χ4v) is 1.99. The molecule has 0 saturated heterocycles. The van der Waals surface area contributed by atoms with Crippen molar-refractivity contribution in [3.63, 3.8) is 0 Å². The SMILES string of the molecule is CCc1nc2ccccc2n1C(C)C(N)=NO. The van der Waals surface area contributed by atoms with E-state index in [1.54, 1.807) is 0 Å². The van der Waals surface area contributed by atoms with Gasteiger partial charge in [0, 0.05) is 6.42 Å². The molecule has 2 aromatic rings. The molecule has 1 atom stereocenters. The topological polar surface area (TPSA) is 76.4 Å². The second-order valence-corrected chi connectivity index (χ2v) is 3.94. The van der Waals surface area contributed by atoms with Crippen molar-refractivity contribution in [2.24, 2.45) is 10.9 Å². The summed E-state index contributed by atoms with van der Waals surface area (Å²) in [4.78, 5) is 4.54. The van der Waals surface area contributed by atoms with Crippen molar-refractivity contribution >= 4 is 16.9 Å². The smallest absolute Gasteiger partial charge is 0.162 e. The molecule has 2 rings (SSSR count). The van der Waals surface area contributed by atoms with Crippen molar-refractivity contribution in [2.45, 2.75) is 26.3 Å². The number of nitrogens with zero attached hydrogens (tertiary/aromatic N) is 3. The van der Waals surface area contributed by atoms with Gasteiger partial charge < -0.3 is 15.5 Å². The van der Waals surface area contributed by atoms with Gasteiger partial charge in [0.2, 0.25) is 0 Å². The number of para-hydroxylation sites is 2. The third-order valence-corrected chi connectivity index (χ3v) is 2.92. The van der Waals surface area contributed by atoms with Gasteiger partial charge in [-0.2, -0.15) is 0 Å². The van der Waals surface area contributed by atoms with Crippen molar-refractivity contribution < 1.29 is 5.21 Å². The van der Waals surface area contributed by atoms with Crippen LogP contribution >= 0.6 is 0 Å². The van der Waals surface area contributed by atoms with E-state index >= 15 is 0 Å². The summed E-state index contributed by atoms with van der Waals surface area (Å²) in [7, 11) is 0. The van der Waals surface area contributed by atoms with Crippen LogP contribution in [-0.4, -0.2) is 20.6 Å². The van der Waals surface area contributed by atoms with E-state index in [4.69, 9.17) is 10.9 Å². The Balaban J connectivity index is 2.65. The van der Waals surface area contributed by atoms with Gasteiger partial charge in [0.05, 0.1) is 17.1 Å². The second kappa shape index (κ2) is 4.45. The molecule has 1 unspecified atom stereocenters. The van der Waals surface area contributed by atoms with Crippen LogP contribution in [0.3, 0.4) is 0 Å². The van der Waals surface area contributed by atoms with Crippen LogP contribution in [0, 0.1) is 0 Å². The number of hydrogen-bond acceptors (Lipinski definition) is 3. The Bertz CT molecular complexity index is 559. The van der Waals surface area contributed by atoms with Gasteiger partial charge in [-0.05, 0) is 19.1 Å². The summed E-state index contributed by atoms with van der Waals surface area (Å²) in [6, 6.07) is 7.65. The first-order chi connectivity index (χ1) is 8.19. The Labute approximate surface area is 99.6 Å². The number of amidine groups is 1. The highest BCUT2D eigenvalue weighted by atomic mass is 16.4. The van der Waals surface area contributed by atoms with Crippen LogP contribution < -0.4 is 5.73 Å². The number of oxime groups is 1. The zero-order chi connectivity index (χ0) is 12.4. The Hall–Kier alpha value is -2.04. The third kappa shape index (κ3) is 1.84. The van der Waals surface area contributed by atoms with Gasteiger partial charge in [0.25, 0.3) is 0 Å². The zero-order valence-corrected chi connectivity index (χ0v) is 9.96. The highest BCUT2D eigenvalue weighted by Gasteiger charge is 2.17. The Morgan fingerprint density at radius 1 is 1.53 bits per heavy atom. The molecule has 0 aliphatic rings. The lowest BCUT2D eigenvalue weighted by atomic mass is 10.2. The molecule has 90 valence electrons. The summed E-state index contributed by atoms with van der Waals surface area (Å²) in [5.74, 6) is 1.12. The van der Waals surface area contributed by atoms with E-state index in [1.807, 2.05) is 42.7 Å². The Kier molecular flexibility index (Phi) is 2.99. The lowest BCUT2D eigenvalue weighted by Gasteiger charge is -2.15. The number of benzene rings is 1. The molecule has 0 spiro atoms. The van der Waals surface area contributed by atoms with Gasteiger partial charge >= 0.3 is 0 Å². The molecule has 0 aliphatic carbocycles. The number of hydrogen-bond donors (Lipinski definition) is 2. The van der Waals surface area contributed by atoms with Gasteiger partial charge in [-0.3, -0.25) is 0 Å². The molecule has 0 amide bonds. The Morgan fingerprint density at radius 3 is 2.88 bits per heavy atom. The average molecular weight is 232 g/mol. The summed E-state index contributed by atoms with van der Waals surface area (Å²) in [5.41, 5.74) is 7.61. The van der Waals surface area contributed by atoms with E-state index in [2.05, 4.69) is 10.1 Å². The lowest BCUT2D eigenvalue weighted by Crippen LogP contribution is -2.25. The zero-order valence-electron chi connectivity index (χ0n) is 9.96. The molecule has 0 radical (unpaired) electrons. The highest BCUT2D eigenvalue weighted by molar-refractivity contribution is 5.86. The summed E-state index contributed by atoms with van der Waals surface area (Å²) >= 11 is 0. The molecule has 5 heteroatoms. The Morgan fingerprint density at radius 2 is 2.24 bits per heavy atom. The van der Waals surface area contributed by atoms with E-state index in [0.29, 0.717) is 0 Å². The highest BCUT2D eigenvalue weighted by Crippen LogP contribution is 2.21. The van der Waals surface area contributed by atoms with Crippen molar-refractivity contribution in [1.29, 1.82) is 0 Å². The van der Waals surface area contributed by atoms with E-state index in [9.17, 15) is 0 Å². The maximum Gasteiger partial charge on any atom is 0.162 e. The number of rotatable bonds is 3. The van der Waals surface area contributed by atoms with Crippen LogP contribution in [0.25, 0.3) is 11.0 Å². The van der Waals surface area contributed by atoms with Crippen LogP contribution in [0.15, 0.2) is 29.4 Å². The predicted molar refractivity (Wildman–Crippen MR) is 67.2 cm³/mol. The number of aryl methyl sites for hydroxylation is 1. The summed E-state index contributed by atoms with van der Waals surface area (Å²) in [6.45, 7) is 3.93. The maximum atomic E-state index is 8.77. The minimum atomic E-state index is -0.206. The van der Waals surface area contributed by atoms with Crippen LogP contribution in [0.5, 0.6) is 0 Å². The lowest BCUT2D eigenvalue weighted by molar-refractivity contribution is 0.314. The largest absolute Gasteiger partial charge is 0.409 e. The number of nitrogens with two attached hydrogens (primary N) is 1. The van der Waals surface area contributed by atoms with E-state index in [0.717, 1.165) is 23.3 Å². The average Bonchev–Trinajstić information content (AvgIpc) is 2.75. The normalized spacial score (nSPS) is 14.1. The molecule has 1 aromatic carbocycles. The molecule has 0 aliphatic heterocycles. The molecule has 3 N–H and O–H groups in total. The quantitative estimate of drug-likeness (QED) is 0.367. The van der Waals surface area contributed by atoms with Crippen LogP contribution in [0.4, 0.5) is 0 Å². The van der Waals surface area contributed by atoms with Gasteiger partial charge in [-0.25, -0.2) is 4.98 Å². The van der Waals surface area contributed by atoms with Gasteiger partial charge in [-0.1, -0.05) is 24.2 Å². The first-order valence-electron chi connectivity index (χ1n) is 5.62. The molecular weight excluding hydrogens is 216 g/mol. The van der Waals surface area contributed by atoms with E-state index < -0.39 is 0 Å². The molecule has 17 heavy (non-hydrogen) atoms. The number of fused-ring (bicyclic) bond motifs is 1. The molecule has 0 bridgehead atoms. The molecule has 1 heterocycles. The van der Waals surface area contributed by atoms with E-state index in [-0.39, 0.29) is 11.9 Å². The van der Waals surface area contributed by atoms with Crippen molar-refractivity contribution in [2.75, 3.05) is 0 Å². The van der Waals surface area contributed by atoms with Crippen molar-refractivity contribution in [1.82, 2.24) is 9.55 Å². The summed E-state index contributed by atoms with van der Waals surface area (Å²) in [5, 5.41) is 11.8. The monoisotopic (exact) mass is 232 g/mol. The number of aromatic nitrogens is 2. The predicted octanol–water partition coefficient (Wildman–Crippen LogP) is 1.91. The standard InChI is InChI=1S/C12H16N4O/c1-3-11-14-9-6-4-5-7-10(9)16(11)8(2)12(13)15-17/h4-8,17H,3H2,1-2H3,(H2,13,15). The van der Waals surface area contributed by atoms with Crippen LogP contribution in [0.2, 0.25) is 0 Å². The fourth-order valence-electron chi connectivity index (χ4n) is 1.99. The summed E-state index contributed by atoms with van der Waals surface area (Å²) in [6.07, 6.45) is 0.803. The van der Waals surface area contributed by atoms with Crippen molar-refractivity contribution in [3.05, 3.63) is 30.1 Å². The minimum absolute atomic E-state index is 0.183. The second-order valence-electron chi connectivity index (χ2n) is 3.94. The molecular formula is C12H16N4O. The van der Waals surface area contributed by atoms with Crippen LogP contribution in [0.1, 0.15) is 25.7 Å². The first kappa shape index (κ1) is 11.4. The third-order valence-electron chi connectivity index (χ3n) is 2.92. The molecule has 1 aromatic heterocycles. The van der Waals surface area contributed by atoms with Crippen LogP contribution in [-0.2, 0) is 6.42 Å². The molecule has 5 nitrogen and oxygen atoms in total. The first-order valence-corrected chi connectivity index (χ1v) is 5.62. The van der Waals surface area contributed by atoms with E-state index in [1.165, 1.54) is 0 Å². The van der Waals surface area contributed by atoms with Crippen molar-refractivity contribution in [3.8, 4) is 0 Å². The summed E-state index contributed by atoms with van der Waals surface area (Å²) < 4.78 is 2.00. The maximum absolute atomic E-state index is 8.77. The van der Waals surface area contributed by atoms with Gasteiger partial charge in [0.15, 0.2) is 5.84 Å².